The summed E-state index contributed by atoms with van der Waals surface area (Å²) in [5.41, 5.74) is 0.642. The van der Waals surface area contributed by atoms with Crippen molar-refractivity contribution in [3.8, 4) is 0 Å². The molecule has 1 N–H and O–H groups in total. The van der Waals surface area contributed by atoms with Gasteiger partial charge >= 0.3 is 0 Å². The maximum absolute atomic E-state index is 12.7. The van der Waals surface area contributed by atoms with Gasteiger partial charge in [-0.3, -0.25) is 9.59 Å². The third-order valence-corrected chi connectivity index (χ3v) is 5.46. The normalized spacial score (nSPS) is 12.7. The Balaban J connectivity index is 1.91. The summed E-state index contributed by atoms with van der Waals surface area (Å²) in [5, 5.41) is 7.86. The molecule has 0 unspecified atom stereocenters. The third kappa shape index (κ3) is 3.75. The average molecular weight is 385 g/mol. The van der Waals surface area contributed by atoms with E-state index < -0.39 is 15.7 Å². The summed E-state index contributed by atoms with van der Waals surface area (Å²) in [6.07, 6.45) is 1.14. The summed E-state index contributed by atoms with van der Waals surface area (Å²) in [6.45, 7) is 1.79. The Labute approximate surface area is 156 Å². The fourth-order valence-electron chi connectivity index (χ4n) is 2.82. The molecule has 8 heteroatoms. The number of hydrogen-bond acceptors (Lipinski definition) is 5. The molecule has 1 atom stereocenters. The van der Waals surface area contributed by atoms with Crippen LogP contribution in [0.25, 0.3) is 10.8 Å². The molecule has 27 heavy (non-hydrogen) atoms. The van der Waals surface area contributed by atoms with Crippen molar-refractivity contribution in [1.82, 2.24) is 15.1 Å². The molecule has 0 aliphatic rings. The van der Waals surface area contributed by atoms with Gasteiger partial charge in [0.1, 0.15) is 0 Å². The molecule has 0 bridgehead atoms. The number of carbonyl (C=O) groups is 1. The zero-order valence-electron chi connectivity index (χ0n) is 15.1. The lowest BCUT2D eigenvalue weighted by Crippen LogP contribution is -2.31. The fourth-order valence-corrected chi connectivity index (χ4v) is 3.45. The number of aromatic nitrogens is 2. The first-order valence-electron chi connectivity index (χ1n) is 8.25. The maximum atomic E-state index is 12.7. The summed E-state index contributed by atoms with van der Waals surface area (Å²) in [7, 11) is -1.78. The minimum absolute atomic E-state index is 0.160. The largest absolute Gasteiger partial charge is 0.344 e. The number of benzene rings is 2. The smallest absolute Gasteiger partial charge is 0.274 e. The summed E-state index contributed by atoms with van der Waals surface area (Å²) >= 11 is 0. The monoisotopic (exact) mass is 385 g/mol. The van der Waals surface area contributed by atoms with Crippen LogP contribution in [0.1, 0.15) is 29.0 Å². The van der Waals surface area contributed by atoms with Crippen LogP contribution in [-0.4, -0.2) is 30.4 Å². The molecule has 0 saturated heterocycles. The van der Waals surface area contributed by atoms with E-state index in [2.05, 4.69) is 10.4 Å². The lowest BCUT2D eigenvalue weighted by molar-refractivity contribution is 0.0934. The van der Waals surface area contributed by atoms with E-state index in [9.17, 15) is 18.0 Å². The van der Waals surface area contributed by atoms with E-state index in [-0.39, 0.29) is 22.2 Å². The van der Waals surface area contributed by atoms with Crippen LogP contribution >= 0.6 is 0 Å². The topological polar surface area (TPSA) is 98.1 Å². The van der Waals surface area contributed by atoms with Crippen LogP contribution in [0.3, 0.4) is 0 Å². The first-order valence-corrected chi connectivity index (χ1v) is 10.1. The lowest BCUT2D eigenvalue weighted by Gasteiger charge is -2.15. The molecule has 3 rings (SSSR count). The van der Waals surface area contributed by atoms with E-state index in [1.165, 1.54) is 19.2 Å². The zero-order chi connectivity index (χ0) is 19.8. The van der Waals surface area contributed by atoms with Gasteiger partial charge in [0.15, 0.2) is 15.5 Å². The van der Waals surface area contributed by atoms with Crippen LogP contribution in [0, 0.1) is 0 Å². The fraction of sp³-hybridized carbons (Fsp3) is 0.211. The zero-order valence-corrected chi connectivity index (χ0v) is 15.9. The number of nitrogens with zero attached hydrogens (tertiary/aromatic N) is 2. The highest BCUT2D eigenvalue weighted by Gasteiger charge is 2.18. The highest BCUT2D eigenvalue weighted by atomic mass is 32.2. The number of fused-ring (bicyclic) bond motifs is 1. The van der Waals surface area contributed by atoms with E-state index in [1.807, 2.05) is 0 Å². The molecular weight excluding hydrogens is 366 g/mol. The van der Waals surface area contributed by atoms with E-state index in [0.29, 0.717) is 10.8 Å². The Kier molecular flexibility index (Phi) is 4.84. The number of sulfone groups is 1. The molecule has 2 aromatic carbocycles. The predicted molar refractivity (Wildman–Crippen MR) is 102 cm³/mol. The Hall–Kier alpha value is -3.00. The first-order chi connectivity index (χ1) is 12.7. The number of hydrogen-bond donors (Lipinski definition) is 1. The summed E-state index contributed by atoms with van der Waals surface area (Å²) in [4.78, 5) is 25.1. The molecule has 0 radical (unpaired) electrons. The number of rotatable bonds is 4. The van der Waals surface area contributed by atoms with Gasteiger partial charge in [-0.2, -0.15) is 5.10 Å². The molecule has 1 amide bonds. The van der Waals surface area contributed by atoms with Crippen LogP contribution in [0.5, 0.6) is 0 Å². The SMILES string of the molecule is C[C@H](NC(=O)c1nn(C)c(=O)c2ccccc12)c1ccc(S(C)(=O)=O)cc1. The van der Waals surface area contributed by atoms with Gasteiger partial charge < -0.3 is 5.32 Å². The first kappa shape index (κ1) is 18.8. The highest BCUT2D eigenvalue weighted by Crippen LogP contribution is 2.18. The molecular formula is C19H19N3O4S. The molecule has 0 aliphatic carbocycles. The number of nitrogens with one attached hydrogen (secondary N) is 1. The maximum Gasteiger partial charge on any atom is 0.274 e. The van der Waals surface area contributed by atoms with E-state index in [1.54, 1.807) is 43.3 Å². The quantitative estimate of drug-likeness (QED) is 0.739. The lowest BCUT2D eigenvalue weighted by atomic mass is 10.1. The second-order valence-electron chi connectivity index (χ2n) is 6.36. The minimum Gasteiger partial charge on any atom is -0.344 e. The Morgan fingerprint density at radius 3 is 2.26 bits per heavy atom. The average Bonchev–Trinajstić information content (AvgIpc) is 2.64. The van der Waals surface area contributed by atoms with E-state index in [0.717, 1.165) is 16.5 Å². The van der Waals surface area contributed by atoms with Gasteiger partial charge in [-0.05, 0) is 30.7 Å². The van der Waals surface area contributed by atoms with Gasteiger partial charge in [-0.25, -0.2) is 13.1 Å². The molecule has 7 nitrogen and oxygen atoms in total. The minimum atomic E-state index is -3.27. The Morgan fingerprint density at radius 1 is 1.07 bits per heavy atom. The van der Waals surface area contributed by atoms with Crippen molar-refractivity contribution in [1.29, 1.82) is 0 Å². The molecule has 3 aromatic rings. The Bertz CT molecular complexity index is 1180. The van der Waals surface area contributed by atoms with Gasteiger partial charge in [0, 0.05) is 18.7 Å². The highest BCUT2D eigenvalue weighted by molar-refractivity contribution is 7.90. The van der Waals surface area contributed by atoms with Crippen molar-refractivity contribution in [2.24, 2.45) is 7.05 Å². The van der Waals surface area contributed by atoms with Crippen LogP contribution < -0.4 is 10.9 Å². The van der Waals surface area contributed by atoms with Gasteiger partial charge in [0.25, 0.3) is 11.5 Å². The summed E-state index contributed by atoms with van der Waals surface area (Å²) in [5.74, 6) is -0.415. The van der Waals surface area contributed by atoms with Crippen molar-refractivity contribution in [3.05, 3.63) is 70.1 Å². The van der Waals surface area contributed by atoms with Gasteiger partial charge in [0.05, 0.1) is 16.3 Å². The van der Waals surface area contributed by atoms with Gasteiger partial charge in [-0.1, -0.05) is 30.3 Å². The van der Waals surface area contributed by atoms with Crippen molar-refractivity contribution >= 4 is 26.5 Å². The molecule has 0 saturated carbocycles. The summed E-state index contributed by atoms with van der Waals surface area (Å²) in [6, 6.07) is 12.8. The molecule has 0 aliphatic heterocycles. The van der Waals surface area contributed by atoms with Crippen molar-refractivity contribution in [2.45, 2.75) is 17.9 Å². The number of aryl methyl sites for hydroxylation is 1. The molecule has 0 spiro atoms. The van der Waals surface area contributed by atoms with Crippen LogP contribution in [0.4, 0.5) is 0 Å². The molecule has 1 aromatic heterocycles. The number of carbonyl (C=O) groups excluding carboxylic acids is 1. The van der Waals surface area contributed by atoms with Crippen LogP contribution in [0.2, 0.25) is 0 Å². The third-order valence-electron chi connectivity index (χ3n) is 4.33. The van der Waals surface area contributed by atoms with Gasteiger partial charge in [-0.15, -0.1) is 0 Å². The van der Waals surface area contributed by atoms with Crippen molar-refractivity contribution < 1.29 is 13.2 Å². The second-order valence-corrected chi connectivity index (χ2v) is 8.38. The van der Waals surface area contributed by atoms with Crippen molar-refractivity contribution in [3.63, 3.8) is 0 Å². The number of amides is 1. The van der Waals surface area contributed by atoms with Crippen LogP contribution in [-0.2, 0) is 16.9 Å². The molecule has 0 fully saturated rings. The van der Waals surface area contributed by atoms with E-state index >= 15 is 0 Å². The van der Waals surface area contributed by atoms with Crippen molar-refractivity contribution in [2.75, 3.05) is 6.26 Å². The molecule has 1 heterocycles. The van der Waals surface area contributed by atoms with E-state index in [4.69, 9.17) is 0 Å². The van der Waals surface area contributed by atoms with Crippen LogP contribution in [0.15, 0.2) is 58.2 Å². The molecule has 140 valence electrons. The standard InChI is InChI=1S/C19H19N3O4S/c1-12(13-8-10-14(11-9-13)27(3,25)26)20-18(23)17-15-6-4-5-7-16(15)19(24)22(2)21-17/h4-12H,1-3H3,(H,20,23)/t12-/m0/s1. The second kappa shape index (κ2) is 6.96. The Morgan fingerprint density at radius 2 is 1.67 bits per heavy atom. The van der Waals surface area contributed by atoms with Gasteiger partial charge in [0.2, 0.25) is 0 Å². The predicted octanol–water partition coefficient (Wildman–Crippen LogP) is 1.83. The summed E-state index contributed by atoms with van der Waals surface area (Å²) < 4.78 is 24.3.